The fraction of sp³-hybridized carbons (Fsp3) is 0.208. The van der Waals surface area contributed by atoms with Gasteiger partial charge in [-0.15, -0.1) is 0 Å². The number of carbonyl (C=O) groups is 1. The highest BCUT2D eigenvalue weighted by atomic mass is 79.9. The van der Waals surface area contributed by atoms with Crippen molar-refractivity contribution >= 4 is 22.2 Å². The summed E-state index contributed by atoms with van der Waals surface area (Å²) >= 11 is 3.10. The number of benzene rings is 3. The molecular formula is C24H18BrF9O2. The van der Waals surface area contributed by atoms with Crippen molar-refractivity contribution in [3.63, 3.8) is 0 Å². The molecule has 0 saturated carbocycles. The van der Waals surface area contributed by atoms with Crippen LogP contribution in [0.4, 0.5) is 39.5 Å². The van der Waals surface area contributed by atoms with Crippen LogP contribution in [0.15, 0.2) is 54.6 Å². The van der Waals surface area contributed by atoms with Gasteiger partial charge >= 0.3 is 0 Å². The van der Waals surface area contributed by atoms with E-state index in [1.54, 1.807) is 0 Å². The topological polar surface area (TPSA) is 37.3 Å². The van der Waals surface area contributed by atoms with Crippen LogP contribution in [0.1, 0.15) is 57.5 Å². The minimum atomic E-state index is -2.84. The van der Waals surface area contributed by atoms with E-state index in [1.165, 1.54) is 12.1 Å². The largest absolute Gasteiger partial charge is 0.392 e. The molecule has 0 radical (unpaired) electrons. The molecule has 0 amide bonds. The summed E-state index contributed by atoms with van der Waals surface area (Å²) in [5, 5.41) is 9.00. The Morgan fingerprint density at radius 2 is 1.06 bits per heavy atom. The van der Waals surface area contributed by atoms with Gasteiger partial charge in [0.05, 0.1) is 23.3 Å². The first kappa shape index (κ1) is 31.2. The van der Waals surface area contributed by atoms with Crippen molar-refractivity contribution in [1.29, 1.82) is 0 Å². The van der Waals surface area contributed by atoms with Crippen molar-refractivity contribution in [3.05, 3.63) is 105 Å². The van der Waals surface area contributed by atoms with Crippen LogP contribution in [0.3, 0.4) is 0 Å². The van der Waals surface area contributed by atoms with E-state index in [0.29, 0.717) is 17.2 Å². The molecule has 0 heterocycles. The molecule has 196 valence electrons. The second-order valence-electron chi connectivity index (χ2n) is 6.80. The third-order valence-corrected chi connectivity index (χ3v) is 4.98. The number of rotatable bonds is 6. The van der Waals surface area contributed by atoms with Gasteiger partial charge in [-0.25, -0.2) is 39.5 Å². The second kappa shape index (κ2) is 15.3. The number of halogens is 10. The molecule has 3 rings (SSSR count). The molecule has 0 spiro atoms. The zero-order valence-electron chi connectivity index (χ0n) is 18.1. The third kappa shape index (κ3) is 9.65. The van der Waals surface area contributed by atoms with Crippen molar-refractivity contribution in [3.8, 4) is 0 Å². The Kier molecular flexibility index (Phi) is 13.2. The van der Waals surface area contributed by atoms with Crippen molar-refractivity contribution in [2.45, 2.75) is 31.2 Å². The molecule has 1 N–H and O–H groups in total. The molecule has 0 atom stereocenters. The quantitative estimate of drug-likeness (QED) is 0.178. The number of aliphatic hydroxyl groups excluding tert-OH is 1. The highest BCUT2D eigenvalue weighted by molar-refractivity contribution is 9.08. The Morgan fingerprint density at radius 3 is 1.39 bits per heavy atom. The van der Waals surface area contributed by atoms with E-state index in [1.807, 2.05) is 0 Å². The molecule has 0 fully saturated rings. The first-order valence-electron chi connectivity index (χ1n) is 9.77. The van der Waals surface area contributed by atoms with E-state index < -0.39 is 53.4 Å². The van der Waals surface area contributed by atoms with Crippen LogP contribution in [0, 0.1) is 17.5 Å². The van der Waals surface area contributed by atoms with Crippen LogP contribution in [-0.2, 0) is 11.9 Å². The van der Waals surface area contributed by atoms with Crippen LogP contribution in [0.2, 0.25) is 0 Å². The minimum absolute atomic E-state index is 0.0527. The molecule has 0 saturated heterocycles. The van der Waals surface area contributed by atoms with E-state index in [-0.39, 0.29) is 17.7 Å². The third-order valence-electron chi connectivity index (χ3n) is 4.33. The predicted octanol–water partition coefficient (Wildman–Crippen LogP) is 8.49. The van der Waals surface area contributed by atoms with Crippen molar-refractivity contribution in [1.82, 2.24) is 0 Å². The Morgan fingerprint density at radius 1 is 0.667 bits per heavy atom. The van der Waals surface area contributed by atoms with E-state index >= 15 is 0 Å². The average Bonchev–Trinajstić information content (AvgIpc) is 2.83. The van der Waals surface area contributed by atoms with Gasteiger partial charge in [0.25, 0.3) is 19.3 Å². The summed E-state index contributed by atoms with van der Waals surface area (Å²) in [6.07, 6.45) is -7.99. The zero-order valence-corrected chi connectivity index (χ0v) is 19.6. The maximum Gasteiger partial charge on any atom is 0.266 e. The Labute approximate surface area is 208 Å². The Balaban J connectivity index is 0.000000270. The minimum Gasteiger partial charge on any atom is -0.392 e. The summed E-state index contributed by atoms with van der Waals surface area (Å²) in [5.74, 6) is -2.87. The predicted molar refractivity (Wildman–Crippen MR) is 118 cm³/mol. The molecule has 36 heavy (non-hydrogen) atoms. The van der Waals surface area contributed by atoms with Crippen LogP contribution in [0.25, 0.3) is 0 Å². The van der Waals surface area contributed by atoms with E-state index in [4.69, 9.17) is 5.11 Å². The molecule has 2 nitrogen and oxygen atoms in total. The van der Waals surface area contributed by atoms with Gasteiger partial charge in [0, 0.05) is 10.9 Å². The summed E-state index contributed by atoms with van der Waals surface area (Å²) in [4.78, 5) is 10.1. The molecule has 0 aromatic heterocycles. The van der Waals surface area contributed by atoms with Crippen LogP contribution >= 0.6 is 15.9 Å². The average molecular weight is 589 g/mol. The van der Waals surface area contributed by atoms with Crippen molar-refractivity contribution in [2.24, 2.45) is 0 Å². The molecule has 0 bridgehead atoms. The second-order valence-corrected chi connectivity index (χ2v) is 7.37. The molecule has 0 aliphatic carbocycles. The first-order valence-corrected chi connectivity index (χ1v) is 10.9. The van der Waals surface area contributed by atoms with Crippen molar-refractivity contribution < 1.29 is 49.4 Å². The number of carbonyl (C=O) groups excluding carboxylic acids is 1. The summed E-state index contributed by atoms with van der Waals surface area (Å²) in [7, 11) is 0. The lowest BCUT2D eigenvalue weighted by atomic mass is 10.1. The van der Waals surface area contributed by atoms with Gasteiger partial charge in [-0.1, -0.05) is 46.3 Å². The first-order chi connectivity index (χ1) is 16.9. The van der Waals surface area contributed by atoms with Gasteiger partial charge in [-0.2, -0.15) is 0 Å². The maximum atomic E-state index is 12.8. The maximum absolute atomic E-state index is 12.8. The fourth-order valence-electron chi connectivity index (χ4n) is 2.47. The molecule has 3 aromatic carbocycles. The monoisotopic (exact) mass is 588 g/mol. The number of aliphatic hydroxyl groups is 1. The highest BCUT2D eigenvalue weighted by Gasteiger charge is 2.14. The SMILES string of the molecule is Fc1cc(CBr)ccc1C(F)F.O=Cc1ccc(C(F)F)c(F)c1.OCc1ccc(C(F)F)c(F)c1. The number of hydrogen-bond donors (Lipinski definition) is 1. The lowest BCUT2D eigenvalue weighted by Gasteiger charge is -2.02. The van der Waals surface area contributed by atoms with E-state index in [2.05, 4.69) is 15.9 Å². The van der Waals surface area contributed by atoms with Crippen LogP contribution in [-0.4, -0.2) is 11.4 Å². The number of aldehydes is 1. The normalized spacial score (nSPS) is 10.6. The van der Waals surface area contributed by atoms with Gasteiger partial charge in [-0.05, 0) is 35.4 Å². The molecule has 0 aliphatic rings. The van der Waals surface area contributed by atoms with Gasteiger partial charge in [0.15, 0.2) is 0 Å². The van der Waals surface area contributed by atoms with Crippen LogP contribution in [0.5, 0.6) is 0 Å². The van der Waals surface area contributed by atoms with Crippen LogP contribution < -0.4 is 0 Å². The summed E-state index contributed by atoms with van der Waals surface area (Å²) in [5.41, 5.74) is -0.863. The van der Waals surface area contributed by atoms with Gasteiger partial charge in [-0.3, -0.25) is 4.79 Å². The molecular weight excluding hydrogens is 571 g/mol. The summed E-state index contributed by atoms with van der Waals surface area (Å²) < 4.78 is 110. The van der Waals surface area contributed by atoms with Gasteiger partial charge in [0.1, 0.15) is 23.7 Å². The number of hydrogen-bond acceptors (Lipinski definition) is 2. The molecule has 12 heteroatoms. The van der Waals surface area contributed by atoms with E-state index in [0.717, 1.165) is 42.5 Å². The molecule has 0 aliphatic heterocycles. The highest BCUT2D eigenvalue weighted by Crippen LogP contribution is 2.24. The lowest BCUT2D eigenvalue weighted by Crippen LogP contribution is -1.92. The lowest BCUT2D eigenvalue weighted by molar-refractivity contribution is 0.112. The molecule has 3 aromatic rings. The van der Waals surface area contributed by atoms with Crippen molar-refractivity contribution in [2.75, 3.05) is 0 Å². The standard InChI is InChI=1S/C8H6BrF3.C8H7F3O.C8H5F3O/c9-4-5-1-2-6(8(11)12)7(10)3-5;2*9-7-3-5(4-12)1-2-6(7)8(10)11/h1-3,8H,4H2;1-3,8,12H,4H2;1-4,8H. The molecule has 0 unspecified atom stereocenters. The Bertz CT molecular complexity index is 1070. The zero-order chi connectivity index (χ0) is 27.4. The van der Waals surface area contributed by atoms with Gasteiger partial charge in [0.2, 0.25) is 0 Å². The number of alkyl halides is 7. The van der Waals surface area contributed by atoms with Gasteiger partial charge < -0.3 is 5.11 Å². The summed E-state index contributed by atoms with van der Waals surface area (Å²) in [6, 6.07) is 9.68. The fourth-order valence-corrected chi connectivity index (χ4v) is 2.82. The van der Waals surface area contributed by atoms with E-state index in [9.17, 15) is 44.3 Å². The Hall–Kier alpha value is -2.86. The summed E-state index contributed by atoms with van der Waals surface area (Å²) in [6.45, 7) is -0.347. The smallest absolute Gasteiger partial charge is 0.266 e.